The van der Waals surface area contributed by atoms with E-state index >= 15 is 0 Å². The second kappa shape index (κ2) is 5.56. The van der Waals surface area contributed by atoms with E-state index in [2.05, 4.69) is 15.6 Å². The molecule has 1 atom stereocenters. The summed E-state index contributed by atoms with van der Waals surface area (Å²) in [6, 6.07) is 0.0739. The zero-order chi connectivity index (χ0) is 14.8. The minimum absolute atomic E-state index is 0.0739. The number of amides is 1. The first kappa shape index (κ1) is 16.1. The summed E-state index contributed by atoms with van der Waals surface area (Å²) in [6.07, 6.45) is 1.04. The number of carbonyl (C=O) groups is 1. The van der Waals surface area contributed by atoms with Gasteiger partial charge in [0.1, 0.15) is 4.75 Å². The van der Waals surface area contributed by atoms with Gasteiger partial charge in [-0.1, -0.05) is 0 Å². The van der Waals surface area contributed by atoms with Crippen LogP contribution in [0.4, 0.5) is 5.13 Å². The number of anilines is 1. The maximum Gasteiger partial charge on any atom is 0.247 e. The van der Waals surface area contributed by atoms with Gasteiger partial charge in [0.2, 0.25) is 5.91 Å². The zero-order valence-electron chi connectivity index (χ0n) is 11.6. The van der Waals surface area contributed by atoms with E-state index < -0.39 is 20.5 Å². The summed E-state index contributed by atoms with van der Waals surface area (Å²) in [5, 5.41) is 7.81. The molecule has 0 spiro atoms. The van der Waals surface area contributed by atoms with Crippen molar-refractivity contribution in [3.8, 4) is 0 Å². The Morgan fingerprint density at radius 1 is 1.47 bits per heavy atom. The SMILES string of the molecule is CNC(C)c1csc(NC(=O)C(C)(C)S(C)(=O)=O)n1. The number of hydrogen-bond acceptors (Lipinski definition) is 6. The Labute approximate surface area is 117 Å². The standard InChI is InChI=1S/C11H19N3O3S2/c1-7(12-4)8-6-18-10(13-8)14-9(15)11(2,3)19(5,16)17/h6-7,12H,1-5H3,(H,13,14,15). The Hall–Kier alpha value is -0.990. The van der Waals surface area contributed by atoms with E-state index in [4.69, 9.17) is 0 Å². The first-order chi connectivity index (χ1) is 8.59. The second-order valence-electron chi connectivity index (χ2n) is 4.82. The average Bonchev–Trinajstić information content (AvgIpc) is 2.74. The lowest BCUT2D eigenvalue weighted by Gasteiger charge is -2.20. The molecule has 0 fully saturated rings. The normalized spacial score (nSPS) is 14.2. The Morgan fingerprint density at radius 2 is 2.05 bits per heavy atom. The van der Waals surface area contributed by atoms with Crippen LogP contribution in [0.15, 0.2) is 5.38 Å². The van der Waals surface area contributed by atoms with Crippen LogP contribution >= 0.6 is 11.3 Å². The summed E-state index contributed by atoms with van der Waals surface area (Å²) < 4.78 is 21.6. The van der Waals surface area contributed by atoms with Gasteiger partial charge in [-0.3, -0.25) is 4.79 Å². The van der Waals surface area contributed by atoms with Crippen LogP contribution in [0.25, 0.3) is 0 Å². The molecule has 2 N–H and O–H groups in total. The molecule has 8 heteroatoms. The average molecular weight is 305 g/mol. The van der Waals surface area contributed by atoms with Gasteiger partial charge in [0.25, 0.3) is 0 Å². The van der Waals surface area contributed by atoms with E-state index in [0.717, 1.165) is 11.9 Å². The molecule has 0 aliphatic rings. The maximum absolute atomic E-state index is 12.0. The molecule has 0 aliphatic carbocycles. The summed E-state index contributed by atoms with van der Waals surface area (Å²) in [5.41, 5.74) is 0.806. The van der Waals surface area contributed by atoms with Gasteiger partial charge < -0.3 is 10.6 Å². The van der Waals surface area contributed by atoms with Crippen LogP contribution in [0.1, 0.15) is 32.5 Å². The molecule has 0 saturated heterocycles. The maximum atomic E-state index is 12.0. The highest BCUT2D eigenvalue weighted by atomic mass is 32.2. The Morgan fingerprint density at radius 3 is 2.53 bits per heavy atom. The van der Waals surface area contributed by atoms with Gasteiger partial charge in [0.15, 0.2) is 15.0 Å². The number of rotatable bonds is 5. The van der Waals surface area contributed by atoms with Crippen molar-refractivity contribution in [3.63, 3.8) is 0 Å². The predicted octanol–water partition coefficient (Wildman–Crippen LogP) is 1.19. The van der Waals surface area contributed by atoms with Gasteiger partial charge in [-0.05, 0) is 27.8 Å². The topological polar surface area (TPSA) is 88.2 Å². The molecule has 1 aromatic rings. The fraction of sp³-hybridized carbons (Fsp3) is 0.636. The highest BCUT2D eigenvalue weighted by Crippen LogP contribution is 2.23. The number of nitrogens with one attached hydrogen (secondary N) is 2. The molecule has 1 heterocycles. The van der Waals surface area contributed by atoms with Crippen LogP contribution in [-0.2, 0) is 14.6 Å². The Kier molecular flexibility index (Phi) is 4.70. The number of carbonyl (C=O) groups excluding carboxylic acids is 1. The first-order valence-corrected chi connectivity index (χ1v) is 8.50. The molecule has 6 nitrogen and oxygen atoms in total. The van der Waals surface area contributed by atoms with Crippen molar-refractivity contribution in [2.24, 2.45) is 0 Å². The fourth-order valence-electron chi connectivity index (χ4n) is 1.11. The van der Waals surface area contributed by atoms with E-state index in [1.807, 2.05) is 19.4 Å². The lowest BCUT2D eigenvalue weighted by Crippen LogP contribution is -2.43. The minimum atomic E-state index is -3.48. The molecule has 19 heavy (non-hydrogen) atoms. The minimum Gasteiger partial charge on any atom is -0.312 e. The summed E-state index contributed by atoms with van der Waals surface area (Å²) in [5.74, 6) is -0.576. The smallest absolute Gasteiger partial charge is 0.247 e. The molecule has 0 saturated carbocycles. The summed E-state index contributed by atoms with van der Waals surface area (Å²) >= 11 is 1.27. The molecule has 108 valence electrons. The first-order valence-electron chi connectivity index (χ1n) is 5.73. The number of aromatic nitrogens is 1. The van der Waals surface area contributed by atoms with Crippen molar-refractivity contribution >= 4 is 32.2 Å². The van der Waals surface area contributed by atoms with Crippen LogP contribution in [0.5, 0.6) is 0 Å². The molecule has 1 amide bonds. The van der Waals surface area contributed by atoms with E-state index in [-0.39, 0.29) is 6.04 Å². The Bertz CT molecular complexity index is 563. The largest absolute Gasteiger partial charge is 0.312 e. The van der Waals surface area contributed by atoms with Crippen LogP contribution in [0.3, 0.4) is 0 Å². The third kappa shape index (κ3) is 3.52. The van der Waals surface area contributed by atoms with E-state index in [9.17, 15) is 13.2 Å². The van der Waals surface area contributed by atoms with Gasteiger partial charge >= 0.3 is 0 Å². The summed E-state index contributed by atoms with van der Waals surface area (Å²) in [6.45, 7) is 4.70. The van der Waals surface area contributed by atoms with Gasteiger partial charge in [-0.15, -0.1) is 11.3 Å². The molecule has 0 bridgehead atoms. The number of hydrogen-bond donors (Lipinski definition) is 2. The number of thiazole rings is 1. The third-order valence-corrected chi connectivity index (χ3v) is 5.91. The molecule has 1 rings (SSSR count). The second-order valence-corrected chi connectivity index (χ2v) is 8.25. The monoisotopic (exact) mass is 305 g/mol. The third-order valence-electron chi connectivity index (χ3n) is 3.09. The predicted molar refractivity (Wildman–Crippen MR) is 77.1 cm³/mol. The van der Waals surface area contributed by atoms with Crippen LogP contribution in [-0.4, -0.2) is 37.4 Å². The quantitative estimate of drug-likeness (QED) is 0.853. The van der Waals surface area contributed by atoms with Gasteiger partial charge in [0.05, 0.1) is 5.69 Å². The van der Waals surface area contributed by atoms with Crippen molar-refractivity contribution in [1.82, 2.24) is 10.3 Å². The van der Waals surface area contributed by atoms with E-state index in [0.29, 0.717) is 5.13 Å². The summed E-state index contributed by atoms with van der Waals surface area (Å²) in [7, 11) is -1.67. The van der Waals surface area contributed by atoms with Gasteiger partial charge in [0, 0.05) is 17.7 Å². The molecule has 1 unspecified atom stereocenters. The van der Waals surface area contributed by atoms with Crippen LogP contribution < -0.4 is 10.6 Å². The molecule has 0 aromatic carbocycles. The van der Waals surface area contributed by atoms with Crippen molar-refractivity contribution in [2.75, 3.05) is 18.6 Å². The van der Waals surface area contributed by atoms with E-state index in [1.54, 1.807) is 0 Å². The molecule has 0 aliphatic heterocycles. The summed E-state index contributed by atoms with van der Waals surface area (Å²) in [4.78, 5) is 16.2. The molecule has 1 aromatic heterocycles. The zero-order valence-corrected chi connectivity index (χ0v) is 13.3. The molecular formula is C11H19N3O3S2. The van der Waals surface area contributed by atoms with Crippen molar-refractivity contribution in [2.45, 2.75) is 31.6 Å². The highest BCUT2D eigenvalue weighted by molar-refractivity contribution is 7.92. The van der Waals surface area contributed by atoms with E-state index in [1.165, 1.54) is 25.2 Å². The molecule has 0 radical (unpaired) electrons. The van der Waals surface area contributed by atoms with Crippen molar-refractivity contribution < 1.29 is 13.2 Å². The van der Waals surface area contributed by atoms with Crippen molar-refractivity contribution in [3.05, 3.63) is 11.1 Å². The lowest BCUT2D eigenvalue weighted by atomic mass is 10.2. The highest BCUT2D eigenvalue weighted by Gasteiger charge is 2.38. The number of sulfone groups is 1. The fourth-order valence-corrected chi connectivity index (χ4v) is 2.29. The lowest BCUT2D eigenvalue weighted by molar-refractivity contribution is -0.117. The van der Waals surface area contributed by atoms with Gasteiger partial charge in [-0.25, -0.2) is 13.4 Å². The van der Waals surface area contributed by atoms with Gasteiger partial charge in [-0.2, -0.15) is 0 Å². The van der Waals surface area contributed by atoms with Crippen LogP contribution in [0, 0.1) is 0 Å². The Balaban J connectivity index is 2.87. The molecular weight excluding hydrogens is 286 g/mol. The van der Waals surface area contributed by atoms with Crippen molar-refractivity contribution in [1.29, 1.82) is 0 Å². The number of nitrogens with zero attached hydrogens (tertiary/aromatic N) is 1. The van der Waals surface area contributed by atoms with Crippen LogP contribution in [0.2, 0.25) is 0 Å².